The molecule has 4 saturated heterocycles. The summed E-state index contributed by atoms with van der Waals surface area (Å²) in [5.74, 6) is 2.38. The summed E-state index contributed by atoms with van der Waals surface area (Å²) in [4.78, 5) is 0. The van der Waals surface area contributed by atoms with Crippen molar-refractivity contribution in [1.29, 1.82) is 0 Å². The van der Waals surface area contributed by atoms with Crippen LogP contribution in [-0.4, -0.2) is 180 Å². The van der Waals surface area contributed by atoms with Gasteiger partial charge in [0.1, 0.15) is 61.0 Å². The number of hydrogen-bond acceptors (Lipinski definition) is 18. The van der Waals surface area contributed by atoms with Gasteiger partial charge in [0.15, 0.2) is 30.9 Å². The van der Waals surface area contributed by atoms with E-state index in [-0.39, 0.29) is 41.3 Å². The number of ether oxygens (including phenoxy) is 7. The van der Waals surface area contributed by atoms with E-state index in [1.807, 2.05) is 0 Å². The number of allylic oxidation sites excluding steroid dienone is 1. The van der Waals surface area contributed by atoms with Crippen molar-refractivity contribution in [2.45, 2.75) is 196 Å². The second-order valence-electron chi connectivity index (χ2n) is 20.4. The van der Waals surface area contributed by atoms with E-state index < -0.39 is 111 Å². The van der Waals surface area contributed by atoms with Crippen molar-refractivity contribution < 1.29 is 89.3 Å². The molecule has 11 N–H and O–H groups in total. The Kier molecular flexibility index (Phi) is 13.9. The Labute approximate surface area is 368 Å². The Morgan fingerprint density at radius 1 is 0.794 bits per heavy atom. The summed E-state index contributed by atoms with van der Waals surface area (Å²) in [6, 6.07) is 0. The minimum absolute atomic E-state index is 0.0111. The van der Waals surface area contributed by atoms with Crippen LogP contribution < -0.4 is 0 Å². The molecule has 8 aliphatic rings. The number of rotatable bonds is 11. The molecule has 4 aliphatic heterocycles. The molecule has 0 spiro atoms. The van der Waals surface area contributed by atoms with Crippen LogP contribution in [-0.2, 0) is 33.2 Å². The van der Waals surface area contributed by atoms with Gasteiger partial charge in [0.25, 0.3) is 0 Å². The Bertz CT molecular complexity index is 1680. The van der Waals surface area contributed by atoms with Gasteiger partial charge in [0.05, 0.1) is 31.5 Å². The number of fused-ring (bicyclic) bond motifs is 7. The first-order valence-corrected chi connectivity index (χ1v) is 22.9. The molecule has 3 saturated carbocycles. The number of terminal acetylenes is 1. The first-order valence-electron chi connectivity index (χ1n) is 22.9. The zero-order chi connectivity index (χ0) is 45.5. The van der Waals surface area contributed by atoms with Gasteiger partial charge in [-0.15, -0.1) is 12.3 Å². The molecule has 63 heavy (non-hydrogen) atoms. The predicted molar refractivity (Wildman–Crippen MR) is 216 cm³/mol. The molecule has 0 amide bonds. The van der Waals surface area contributed by atoms with E-state index in [1.54, 1.807) is 0 Å². The molecule has 8 rings (SSSR count). The van der Waals surface area contributed by atoms with E-state index >= 15 is 0 Å². The van der Waals surface area contributed by atoms with Crippen LogP contribution in [0.25, 0.3) is 0 Å². The third-order valence-electron chi connectivity index (χ3n) is 17.1. The molecule has 26 atom stereocenters. The highest BCUT2D eigenvalue weighted by atomic mass is 16.8. The van der Waals surface area contributed by atoms with Gasteiger partial charge in [0, 0.05) is 18.3 Å². The fourth-order valence-electron chi connectivity index (χ4n) is 13.4. The predicted octanol–water partition coefficient (Wildman–Crippen LogP) is -1.26. The average molecular weight is 899 g/mol. The molecule has 0 aromatic heterocycles. The lowest BCUT2D eigenvalue weighted by Gasteiger charge is -2.58. The summed E-state index contributed by atoms with van der Waals surface area (Å²) in [5.41, 5.74) is 1.14. The van der Waals surface area contributed by atoms with Crippen LogP contribution in [0.1, 0.15) is 85.5 Å². The second kappa shape index (κ2) is 18.2. The van der Waals surface area contributed by atoms with Crippen molar-refractivity contribution in [2.75, 3.05) is 13.2 Å². The normalized spacial score (nSPS) is 54.9. The molecule has 0 radical (unpaired) electrons. The van der Waals surface area contributed by atoms with E-state index in [0.717, 1.165) is 32.1 Å². The lowest BCUT2D eigenvalue weighted by molar-refractivity contribution is -0.397. The second-order valence-corrected chi connectivity index (χ2v) is 20.4. The monoisotopic (exact) mass is 898 g/mol. The first-order chi connectivity index (χ1) is 29.8. The minimum Gasteiger partial charge on any atom is -0.395 e. The smallest absolute Gasteiger partial charge is 0.189 e. The molecule has 0 bridgehead atoms. The van der Waals surface area contributed by atoms with E-state index in [9.17, 15) is 56.2 Å². The third-order valence-corrected chi connectivity index (χ3v) is 17.1. The van der Waals surface area contributed by atoms with Crippen LogP contribution in [0.2, 0.25) is 0 Å². The van der Waals surface area contributed by atoms with Crippen LogP contribution in [0.3, 0.4) is 0 Å². The number of hydrogen-bond donors (Lipinski definition) is 11. The lowest BCUT2D eigenvalue weighted by atomic mass is 9.47. The van der Waals surface area contributed by atoms with E-state index in [1.165, 1.54) is 12.5 Å². The van der Waals surface area contributed by atoms with Crippen molar-refractivity contribution in [3.63, 3.8) is 0 Å². The standard InChI is InChI=1S/C45H70O18/c1-6-21(17-46)9-14-45(56)19(2)29-27(63-45)16-26-24-8-7-22-15-23(10-12-43(22,4)25(24)11-13-44(26,29)5)58-42-38(61-40-34(52)31(49)30(48)20(3)57-40)36(54)37(28(18-47)59-42)60-41-35(53)32(50)33(51)39(55)62-41/h1,7,19-21,23-42,46-56H,8-18H2,2-5H3/t19-,20?,21+,23?,24+,25-,26-,27?,28?,29+,30-,31?,32?,33+,34?,35?,36?,37+,38?,39?,40-,41+,42?,43-,44-,45?/m0/s1. The Morgan fingerprint density at radius 3 is 2.16 bits per heavy atom. The highest BCUT2D eigenvalue weighted by Gasteiger charge is 2.68. The molecule has 4 aliphatic carbocycles. The zero-order valence-corrected chi connectivity index (χ0v) is 36.5. The van der Waals surface area contributed by atoms with Gasteiger partial charge in [-0.2, -0.15) is 0 Å². The average Bonchev–Trinajstić information content (AvgIpc) is 3.70. The van der Waals surface area contributed by atoms with E-state index in [4.69, 9.17) is 39.6 Å². The first kappa shape index (κ1) is 48.1. The summed E-state index contributed by atoms with van der Waals surface area (Å²) >= 11 is 0. The van der Waals surface area contributed by atoms with E-state index in [0.29, 0.717) is 43.4 Å². The molecule has 4 heterocycles. The molecule has 0 aromatic carbocycles. The van der Waals surface area contributed by atoms with Gasteiger partial charge in [-0.3, -0.25) is 0 Å². The molecule has 18 nitrogen and oxygen atoms in total. The summed E-state index contributed by atoms with van der Waals surface area (Å²) in [6.45, 7) is 7.46. The largest absolute Gasteiger partial charge is 0.395 e. The van der Waals surface area contributed by atoms with Crippen LogP contribution in [0.5, 0.6) is 0 Å². The van der Waals surface area contributed by atoms with Crippen LogP contribution in [0, 0.1) is 58.7 Å². The Morgan fingerprint density at radius 2 is 1.48 bits per heavy atom. The maximum atomic E-state index is 11.9. The molecule has 358 valence electrons. The summed E-state index contributed by atoms with van der Waals surface area (Å²) in [5, 5.41) is 117. The van der Waals surface area contributed by atoms with Gasteiger partial charge < -0.3 is 89.3 Å². The quantitative estimate of drug-likeness (QED) is 0.0853. The Balaban J connectivity index is 0.979. The molecule has 7 fully saturated rings. The van der Waals surface area contributed by atoms with Crippen LogP contribution in [0.4, 0.5) is 0 Å². The van der Waals surface area contributed by atoms with E-state index in [2.05, 4.69) is 32.8 Å². The van der Waals surface area contributed by atoms with Crippen molar-refractivity contribution in [1.82, 2.24) is 0 Å². The fraction of sp³-hybridized carbons (Fsp3) is 0.911. The number of aliphatic hydroxyl groups is 11. The molecule has 0 aromatic rings. The molecular formula is C45H70O18. The van der Waals surface area contributed by atoms with Crippen LogP contribution >= 0.6 is 0 Å². The number of aliphatic hydroxyl groups excluding tert-OH is 10. The minimum atomic E-state index is -1.96. The van der Waals surface area contributed by atoms with Crippen molar-refractivity contribution in [3.05, 3.63) is 11.6 Å². The maximum absolute atomic E-state index is 11.9. The highest BCUT2D eigenvalue weighted by molar-refractivity contribution is 5.26. The van der Waals surface area contributed by atoms with Gasteiger partial charge >= 0.3 is 0 Å². The van der Waals surface area contributed by atoms with Crippen molar-refractivity contribution in [3.8, 4) is 12.3 Å². The molecular weight excluding hydrogens is 828 g/mol. The summed E-state index contributed by atoms with van der Waals surface area (Å²) < 4.78 is 42.3. The Hall–Kier alpha value is -1.42. The third kappa shape index (κ3) is 8.27. The molecule has 18 heteroatoms. The van der Waals surface area contributed by atoms with Crippen molar-refractivity contribution >= 4 is 0 Å². The highest BCUT2D eigenvalue weighted by Crippen LogP contribution is 2.70. The van der Waals surface area contributed by atoms with Gasteiger partial charge in [-0.05, 0) is 92.8 Å². The topological polar surface area (TPSA) is 287 Å². The molecule has 13 unspecified atom stereocenters. The SMILES string of the molecule is C#C[C@@H](CO)CCC1(O)OC2C[C@H]3[C@@H]4CC=C5CC(OC6OC(CO)[C@@H](O[C@@H]7OC(O)[C@H](O)C(O)C7O)C(O)C6O[C@@H]6OC(C)[C@H](O)C(O)C6O)CC[C@]5(C)[C@H]4CC[C@]3(C)[C@@H]2[C@@H]1C. The zero-order valence-electron chi connectivity index (χ0n) is 36.5. The van der Waals surface area contributed by atoms with Crippen LogP contribution in [0.15, 0.2) is 11.6 Å². The summed E-state index contributed by atoms with van der Waals surface area (Å²) in [7, 11) is 0. The van der Waals surface area contributed by atoms with Gasteiger partial charge in [-0.25, -0.2) is 0 Å². The van der Waals surface area contributed by atoms with Gasteiger partial charge in [0.2, 0.25) is 0 Å². The fourth-order valence-corrected chi connectivity index (χ4v) is 13.4. The van der Waals surface area contributed by atoms with Crippen molar-refractivity contribution in [2.24, 2.45) is 46.3 Å². The lowest BCUT2D eigenvalue weighted by Crippen LogP contribution is -2.66. The maximum Gasteiger partial charge on any atom is 0.189 e. The summed E-state index contributed by atoms with van der Waals surface area (Å²) in [6.07, 6.45) is -10.3. The van der Waals surface area contributed by atoms with Gasteiger partial charge in [-0.1, -0.05) is 32.4 Å².